The van der Waals surface area contributed by atoms with E-state index in [9.17, 15) is 10.2 Å². The van der Waals surface area contributed by atoms with Gasteiger partial charge in [0.15, 0.2) is 0 Å². The van der Waals surface area contributed by atoms with Crippen molar-refractivity contribution in [3.05, 3.63) is 0 Å². The standard InChI is InChI=1S/C12H22O2/c1-3-12(14)7-4-9-8-10(13)5-6-11(9,12)2/h9-10,13-14H,3-8H2,1-2H3. The largest absolute Gasteiger partial charge is 0.393 e. The van der Waals surface area contributed by atoms with Gasteiger partial charge in [-0.15, -0.1) is 0 Å². The third kappa shape index (κ3) is 1.24. The molecule has 4 unspecified atom stereocenters. The highest BCUT2D eigenvalue weighted by atomic mass is 16.3. The van der Waals surface area contributed by atoms with Crippen LogP contribution in [-0.4, -0.2) is 21.9 Å². The minimum Gasteiger partial charge on any atom is -0.393 e. The van der Waals surface area contributed by atoms with Crippen LogP contribution in [0.5, 0.6) is 0 Å². The molecule has 2 nitrogen and oxygen atoms in total. The normalized spacial score (nSPS) is 53.1. The molecular weight excluding hydrogens is 176 g/mol. The van der Waals surface area contributed by atoms with Crippen molar-refractivity contribution in [1.82, 2.24) is 0 Å². The van der Waals surface area contributed by atoms with E-state index in [-0.39, 0.29) is 11.5 Å². The molecule has 4 atom stereocenters. The summed E-state index contributed by atoms with van der Waals surface area (Å²) >= 11 is 0. The zero-order chi connectivity index (χ0) is 10.4. The Bertz CT molecular complexity index is 228. The van der Waals surface area contributed by atoms with Crippen molar-refractivity contribution in [3.8, 4) is 0 Å². The molecule has 2 N–H and O–H groups in total. The van der Waals surface area contributed by atoms with Crippen LogP contribution in [-0.2, 0) is 0 Å². The molecule has 14 heavy (non-hydrogen) atoms. The minimum atomic E-state index is -0.461. The number of aliphatic hydroxyl groups excluding tert-OH is 1. The Kier molecular flexibility index (Phi) is 2.39. The summed E-state index contributed by atoms with van der Waals surface area (Å²) in [6, 6.07) is 0. The SMILES string of the molecule is CCC1(O)CCC2CC(O)CCC21C. The Hall–Kier alpha value is -0.0800. The van der Waals surface area contributed by atoms with Crippen LogP contribution in [0.4, 0.5) is 0 Å². The lowest BCUT2D eigenvalue weighted by Gasteiger charge is -2.46. The van der Waals surface area contributed by atoms with E-state index in [1.165, 1.54) is 0 Å². The van der Waals surface area contributed by atoms with E-state index in [0.29, 0.717) is 5.92 Å². The highest BCUT2D eigenvalue weighted by molar-refractivity contribution is 5.07. The summed E-state index contributed by atoms with van der Waals surface area (Å²) in [6.45, 7) is 4.30. The maximum absolute atomic E-state index is 10.6. The summed E-state index contributed by atoms with van der Waals surface area (Å²) < 4.78 is 0. The van der Waals surface area contributed by atoms with Crippen LogP contribution in [0, 0.1) is 11.3 Å². The fourth-order valence-electron chi connectivity index (χ4n) is 3.71. The van der Waals surface area contributed by atoms with E-state index in [1.807, 2.05) is 0 Å². The third-order valence-electron chi connectivity index (χ3n) is 5.01. The fourth-order valence-corrected chi connectivity index (χ4v) is 3.71. The Morgan fingerprint density at radius 2 is 2.00 bits per heavy atom. The number of fused-ring (bicyclic) bond motifs is 1. The summed E-state index contributed by atoms with van der Waals surface area (Å²) in [7, 11) is 0. The van der Waals surface area contributed by atoms with E-state index < -0.39 is 5.60 Å². The van der Waals surface area contributed by atoms with Gasteiger partial charge in [-0.25, -0.2) is 0 Å². The topological polar surface area (TPSA) is 40.5 Å². The molecule has 2 aliphatic carbocycles. The molecule has 0 radical (unpaired) electrons. The van der Waals surface area contributed by atoms with Crippen LogP contribution in [0.3, 0.4) is 0 Å². The zero-order valence-electron chi connectivity index (χ0n) is 9.29. The molecule has 0 aromatic carbocycles. The smallest absolute Gasteiger partial charge is 0.0701 e. The third-order valence-corrected chi connectivity index (χ3v) is 5.01. The van der Waals surface area contributed by atoms with Crippen molar-refractivity contribution in [2.75, 3.05) is 0 Å². The van der Waals surface area contributed by atoms with Crippen molar-refractivity contribution in [2.45, 2.75) is 64.1 Å². The quantitative estimate of drug-likeness (QED) is 0.677. The monoisotopic (exact) mass is 198 g/mol. The zero-order valence-corrected chi connectivity index (χ0v) is 9.29. The van der Waals surface area contributed by atoms with Crippen LogP contribution in [0.1, 0.15) is 52.4 Å². The lowest BCUT2D eigenvalue weighted by atomic mass is 9.62. The van der Waals surface area contributed by atoms with Gasteiger partial charge in [-0.3, -0.25) is 0 Å². The predicted octanol–water partition coefficient (Wildman–Crippen LogP) is 2.09. The van der Waals surface area contributed by atoms with Gasteiger partial charge in [-0.1, -0.05) is 13.8 Å². The molecule has 2 fully saturated rings. The molecule has 0 bridgehead atoms. The van der Waals surface area contributed by atoms with E-state index in [2.05, 4.69) is 13.8 Å². The Labute approximate surface area is 86.3 Å². The van der Waals surface area contributed by atoms with Gasteiger partial charge in [0, 0.05) is 0 Å². The Balaban J connectivity index is 2.23. The predicted molar refractivity (Wildman–Crippen MR) is 55.9 cm³/mol. The average molecular weight is 198 g/mol. The van der Waals surface area contributed by atoms with Crippen molar-refractivity contribution in [3.63, 3.8) is 0 Å². The first-order valence-electron chi connectivity index (χ1n) is 5.92. The van der Waals surface area contributed by atoms with Gasteiger partial charge in [0.2, 0.25) is 0 Å². The summed E-state index contributed by atoms with van der Waals surface area (Å²) in [5, 5.41) is 20.2. The first-order chi connectivity index (χ1) is 6.52. The van der Waals surface area contributed by atoms with Gasteiger partial charge < -0.3 is 10.2 Å². The second kappa shape index (κ2) is 3.21. The minimum absolute atomic E-state index is 0.0704. The summed E-state index contributed by atoms with van der Waals surface area (Å²) in [5.74, 6) is 0.538. The van der Waals surface area contributed by atoms with Crippen molar-refractivity contribution < 1.29 is 10.2 Å². The number of rotatable bonds is 1. The molecule has 0 heterocycles. The molecule has 2 saturated carbocycles. The van der Waals surface area contributed by atoms with Crippen LogP contribution < -0.4 is 0 Å². The summed E-state index contributed by atoms with van der Waals surface area (Å²) in [6.07, 6.45) is 5.52. The Morgan fingerprint density at radius 1 is 1.29 bits per heavy atom. The second-order valence-electron chi connectivity index (χ2n) is 5.47. The second-order valence-corrected chi connectivity index (χ2v) is 5.47. The average Bonchev–Trinajstić information content (AvgIpc) is 2.42. The first kappa shape index (κ1) is 10.4. The van der Waals surface area contributed by atoms with Gasteiger partial charge in [0.25, 0.3) is 0 Å². The van der Waals surface area contributed by atoms with Crippen LogP contribution >= 0.6 is 0 Å². The molecule has 0 spiro atoms. The van der Waals surface area contributed by atoms with E-state index >= 15 is 0 Å². The number of aliphatic hydroxyl groups is 2. The molecular formula is C12H22O2. The van der Waals surface area contributed by atoms with Crippen LogP contribution in [0.25, 0.3) is 0 Å². The Morgan fingerprint density at radius 3 is 2.64 bits per heavy atom. The van der Waals surface area contributed by atoms with E-state index in [1.54, 1.807) is 0 Å². The van der Waals surface area contributed by atoms with E-state index in [4.69, 9.17) is 0 Å². The van der Waals surface area contributed by atoms with Crippen molar-refractivity contribution in [2.24, 2.45) is 11.3 Å². The lowest BCUT2D eigenvalue weighted by molar-refractivity contribution is -0.102. The van der Waals surface area contributed by atoms with Gasteiger partial charge in [0.05, 0.1) is 11.7 Å². The first-order valence-corrected chi connectivity index (χ1v) is 5.92. The lowest BCUT2D eigenvalue weighted by Crippen LogP contribution is -2.47. The molecule has 0 saturated heterocycles. The number of hydrogen-bond acceptors (Lipinski definition) is 2. The molecule has 2 heteroatoms. The maximum Gasteiger partial charge on any atom is 0.0701 e. The van der Waals surface area contributed by atoms with Gasteiger partial charge in [0.1, 0.15) is 0 Å². The van der Waals surface area contributed by atoms with Gasteiger partial charge >= 0.3 is 0 Å². The summed E-state index contributed by atoms with van der Waals surface area (Å²) in [5.41, 5.74) is -0.390. The maximum atomic E-state index is 10.6. The summed E-state index contributed by atoms with van der Waals surface area (Å²) in [4.78, 5) is 0. The van der Waals surface area contributed by atoms with Crippen LogP contribution in [0.2, 0.25) is 0 Å². The van der Waals surface area contributed by atoms with Gasteiger partial charge in [-0.05, 0) is 49.9 Å². The van der Waals surface area contributed by atoms with Crippen molar-refractivity contribution in [1.29, 1.82) is 0 Å². The fraction of sp³-hybridized carbons (Fsp3) is 1.00. The molecule has 82 valence electrons. The molecule has 2 aliphatic rings. The molecule has 0 aromatic rings. The molecule has 0 amide bonds. The molecule has 0 aromatic heterocycles. The van der Waals surface area contributed by atoms with E-state index in [0.717, 1.165) is 38.5 Å². The van der Waals surface area contributed by atoms with Crippen molar-refractivity contribution >= 4 is 0 Å². The van der Waals surface area contributed by atoms with Crippen LogP contribution in [0.15, 0.2) is 0 Å². The highest BCUT2D eigenvalue weighted by Crippen LogP contribution is 2.58. The molecule has 2 rings (SSSR count). The molecule has 0 aliphatic heterocycles. The van der Waals surface area contributed by atoms with Gasteiger partial charge in [-0.2, -0.15) is 0 Å². The number of hydrogen-bond donors (Lipinski definition) is 2. The highest BCUT2D eigenvalue weighted by Gasteiger charge is 2.56.